The molecular formula is C9H9BrN2O. The van der Waals surface area contributed by atoms with Crippen molar-refractivity contribution in [2.24, 2.45) is 0 Å². The first-order valence-corrected chi connectivity index (χ1v) is 4.78. The number of anilines is 1. The van der Waals surface area contributed by atoms with Gasteiger partial charge in [-0.15, -0.1) is 0 Å². The second-order valence-electron chi connectivity index (χ2n) is 3.62. The van der Waals surface area contributed by atoms with Gasteiger partial charge < -0.3 is 5.32 Å². The van der Waals surface area contributed by atoms with Crippen LogP contribution in [0.15, 0.2) is 16.9 Å². The Morgan fingerprint density at radius 1 is 1.46 bits per heavy atom. The smallest absolute Gasteiger partial charge is 0.234 e. The number of halogens is 1. The molecule has 4 heteroatoms. The van der Waals surface area contributed by atoms with E-state index in [9.17, 15) is 4.79 Å². The van der Waals surface area contributed by atoms with E-state index < -0.39 is 5.41 Å². The third-order valence-corrected chi connectivity index (χ3v) is 2.98. The lowest BCUT2D eigenvalue weighted by Gasteiger charge is -2.13. The zero-order chi connectivity index (χ0) is 9.64. The van der Waals surface area contributed by atoms with Crippen molar-refractivity contribution in [2.45, 2.75) is 19.3 Å². The first-order valence-electron chi connectivity index (χ1n) is 3.99. The summed E-state index contributed by atoms with van der Waals surface area (Å²) in [5, 5.41) is 2.83. The predicted octanol–water partition coefficient (Wildman–Crippen LogP) is 2.07. The van der Waals surface area contributed by atoms with E-state index in [2.05, 4.69) is 26.2 Å². The van der Waals surface area contributed by atoms with Gasteiger partial charge in [-0.3, -0.25) is 9.78 Å². The second-order valence-corrected chi connectivity index (χ2v) is 4.48. The van der Waals surface area contributed by atoms with Gasteiger partial charge >= 0.3 is 0 Å². The van der Waals surface area contributed by atoms with E-state index in [1.54, 1.807) is 12.4 Å². The van der Waals surface area contributed by atoms with E-state index in [0.29, 0.717) is 0 Å². The van der Waals surface area contributed by atoms with Crippen LogP contribution in [0.1, 0.15) is 19.4 Å². The summed E-state index contributed by atoms with van der Waals surface area (Å²) in [7, 11) is 0. The lowest BCUT2D eigenvalue weighted by Crippen LogP contribution is -2.26. The van der Waals surface area contributed by atoms with Gasteiger partial charge in [-0.25, -0.2) is 0 Å². The van der Waals surface area contributed by atoms with E-state index in [-0.39, 0.29) is 5.91 Å². The van der Waals surface area contributed by atoms with Gasteiger partial charge in [-0.2, -0.15) is 0 Å². The number of nitrogens with zero attached hydrogens (tertiary/aromatic N) is 1. The summed E-state index contributed by atoms with van der Waals surface area (Å²) in [4.78, 5) is 15.6. The topological polar surface area (TPSA) is 42.0 Å². The summed E-state index contributed by atoms with van der Waals surface area (Å²) in [6.45, 7) is 3.78. The molecule has 0 saturated carbocycles. The molecule has 0 aromatic carbocycles. The Kier molecular flexibility index (Phi) is 1.70. The van der Waals surface area contributed by atoms with Crippen molar-refractivity contribution in [3.63, 3.8) is 0 Å². The van der Waals surface area contributed by atoms with Crippen molar-refractivity contribution in [3.05, 3.63) is 22.4 Å². The lowest BCUT2D eigenvalue weighted by molar-refractivity contribution is -0.119. The largest absolute Gasteiger partial charge is 0.324 e. The van der Waals surface area contributed by atoms with Gasteiger partial charge in [0.15, 0.2) is 0 Å². The predicted molar refractivity (Wildman–Crippen MR) is 53.6 cm³/mol. The molecule has 68 valence electrons. The standard InChI is InChI=1S/C9H9BrN2O/c1-9(2)5-3-11-4-6(10)7(5)12-8(9)13/h3-4H,1-2H3,(H,12,13). The van der Waals surface area contributed by atoms with Crippen LogP contribution in [-0.2, 0) is 10.2 Å². The number of carbonyl (C=O) groups is 1. The minimum absolute atomic E-state index is 0.0243. The SMILES string of the molecule is CC1(C)C(=O)Nc2c(Br)cncc21. The summed E-state index contributed by atoms with van der Waals surface area (Å²) in [5.74, 6) is 0.0243. The van der Waals surface area contributed by atoms with Crippen LogP contribution in [-0.4, -0.2) is 10.9 Å². The zero-order valence-corrected chi connectivity index (χ0v) is 8.97. The maximum Gasteiger partial charge on any atom is 0.234 e. The van der Waals surface area contributed by atoms with Crippen LogP contribution in [0.3, 0.4) is 0 Å². The quantitative estimate of drug-likeness (QED) is 0.755. The van der Waals surface area contributed by atoms with Gasteiger partial charge in [0, 0.05) is 18.0 Å². The summed E-state index contributed by atoms with van der Waals surface area (Å²) in [6.07, 6.45) is 3.42. The van der Waals surface area contributed by atoms with Gasteiger partial charge in [0.1, 0.15) is 0 Å². The third-order valence-electron chi connectivity index (χ3n) is 2.38. The summed E-state index contributed by atoms with van der Waals surface area (Å²) in [5.41, 5.74) is 1.34. The molecule has 1 N–H and O–H groups in total. The summed E-state index contributed by atoms with van der Waals surface area (Å²) in [6, 6.07) is 0. The van der Waals surface area contributed by atoms with E-state index in [1.807, 2.05) is 13.8 Å². The third kappa shape index (κ3) is 1.09. The van der Waals surface area contributed by atoms with Gasteiger partial charge in [0.2, 0.25) is 5.91 Å². The van der Waals surface area contributed by atoms with Crippen LogP contribution in [0.5, 0.6) is 0 Å². The molecule has 0 aliphatic carbocycles. The van der Waals surface area contributed by atoms with Gasteiger partial charge in [-0.05, 0) is 29.8 Å². The molecule has 0 bridgehead atoms. The molecule has 0 radical (unpaired) electrons. The van der Waals surface area contributed by atoms with Crippen molar-refractivity contribution in [1.82, 2.24) is 4.98 Å². The van der Waals surface area contributed by atoms with Crippen molar-refractivity contribution in [2.75, 3.05) is 5.32 Å². The molecule has 1 aromatic rings. The second kappa shape index (κ2) is 2.54. The first-order chi connectivity index (χ1) is 6.03. The molecule has 13 heavy (non-hydrogen) atoms. The summed E-state index contributed by atoms with van der Waals surface area (Å²) < 4.78 is 0.837. The highest BCUT2D eigenvalue weighted by Gasteiger charge is 2.39. The fourth-order valence-electron chi connectivity index (χ4n) is 1.43. The van der Waals surface area contributed by atoms with E-state index in [4.69, 9.17) is 0 Å². The molecule has 0 unspecified atom stereocenters. The number of hydrogen-bond acceptors (Lipinski definition) is 2. The molecule has 1 aliphatic rings. The van der Waals surface area contributed by atoms with Crippen LogP contribution >= 0.6 is 15.9 Å². The van der Waals surface area contributed by atoms with Crippen molar-refractivity contribution >= 4 is 27.5 Å². The molecule has 1 amide bonds. The number of amides is 1. The van der Waals surface area contributed by atoms with Crippen LogP contribution < -0.4 is 5.32 Å². The normalized spacial score (nSPS) is 18.2. The Hall–Kier alpha value is -0.900. The molecular weight excluding hydrogens is 232 g/mol. The van der Waals surface area contributed by atoms with Gasteiger partial charge in [0.05, 0.1) is 15.6 Å². The molecule has 2 heterocycles. The zero-order valence-electron chi connectivity index (χ0n) is 7.39. The van der Waals surface area contributed by atoms with E-state index in [1.165, 1.54) is 0 Å². The van der Waals surface area contributed by atoms with Crippen molar-refractivity contribution in [3.8, 4) is 0 Å². The number of fused-ring (bicyclic) bond motifs is 1. The Morgan fingerprint density at radius 2 is 2.15 bits per heavy atom. The van der Waals surface area contributed by atoms with Gasteiger partial charge in [-0.1, -0.05) is 0 Å². The van der Waals surface area contributed by atoms with Crippen molar-refractivity contribution < 1.29 is 4.79 Å². The highest BCUT2D eigenvalue weighted by atomic mass is 79.9. The number of carbonyl (C=O) groups excluding carboxylic acids is 1. The minimum atomic E-state index is -0.466. The maximum atomic E-state index is 11.5. The highest BCUT2D eigenvalue weighted by molar-refractivity contribution is 9.10. The first kappa shape index (κ1) is 8.69. The van der Waals surface area contributed by atoms with Gasteiger partial charge in [0.25, 0.3) is 0 Å². The molecule has 1 aliphatic heterocycles. The molecule has 0 fully saturated rings. The lowest BCUT2D eigenvalue weighted by atomic mass is 9.87. The molecule has 0 saturated heterocycles. The number of pyridine rings is 1. The van der Waals surface area contributed by atoms with E-state index >= 15 is 0 Å². The molecule has 1 aromatic heterocycles. The fourth-order valence-corrected chi connectivity index (χ4v) is 1.86. The molecule has 3 nitrogen and oxygen atoms in total. The molecule has 2 rings (SSSR count). The Bertz CT molecular complexity index is 387. The number of hydrogen-bond donors (Lipinski definition) is 1. The summed E-state index contributed by atoms with van der Waals surface area (Å²) >= 11 is 3.35. The monoisotopic (exact) mass is 240 g/mol. The van der Waals surface area contributed by atoms with Crippen molar-refractivity contribution in [1.29, 1.82) is 0 Å². The Morgan fingerprint density at radius 3 is 2.77 bits per heavy atom. The van der Waals surface area contributed by atoms with Crippen LogP contribution in [0, 0.1) is 0 Å². The maximum absolute atomic E-state index is 11.5. The highest BCUT2D eigenvalue weighted by Crippen LogP contribution is 2.40. The number of aromatic nitrogens is 1. The molecule has 0 atom stereocenters. The van der Waals surface area contributed by atoms with Crippen LogP contribution in [0.2, 0.25) is 0 Å². The molecule has 0 spiro atoms. The Balaban J connectivity index is 2.68. The average Bonchev–Trinajstić information content (AvgIpc) is 2.28. The average molecular weight is 241 g/mol. The Labute approximate surface area is 84.7 Å². The number of rotatable bonds is 0. The van der Waals surface area contributed by atoms with Crippen LogP contribution in [0.4, 0.5) is 5.69 Å². The number of nitrogens with one attached hydrogen (secondary N) is 1. The minimum Gasteiger partial charge on any atom is -0.324 e. The van der Waals surface area contributed by atoms with Crippen LogP contribution in [0.25, 0.3) is 0 Å². The van der Waals surface area contributed by atoms with E-state index in [0.717, 1.165) is 15.7 Å². The fraction of sp³-hybridized carbons (Fsp3) is 0.333.